The Morgan fingerprint density at radius 2 is 1.75 bits per heavy atom. The minimum Gasteiger partial charge on any atom is -0.497 e. The van der Waals surface area contributed by atoms with Crippen LogP contribution >= 0.6 is 0 Å². The molecule has 2 fully saturated rings. The van der Waals surface area contributed by atoms with Gasteiger partial charge in [-0.25, -0.2) is 0 Å². The largest absolute Gasteiger partial charge is 0.497 e. The average molecular weight is 389 g/mol. The molecule has 5 nitrogen and oxygen atoms in total. The molecule has 2 aliphatic rings. The standard InChI is InChI=1S/C23H36N2O3/c1-17-15-25(16-18(2)28-17)23(26)19(3)24-13-11-21(12-14-24)6-5-20-7-9-22(27-4)10-8-20/h7-10,17-19,21H,5-6,11-16H2,1-4H3. The Morgan fingerprint density at radius 1 is 1.14 bits per heavy atom. The molecule has 1 amide bonds. The van der Waals surface area contributed by atoms with Crippen molar-refractivity contribution in [2.24, 2.45) is 5.92 Å². The van der Waals surface area contributed by atoms with Crippen LogP contribution in [0.3, 0.4) is 0 Å². The Bertz CT molecular complexity index is 615. The second-order valence-corrected chi connectivity index (χ2v) is 8.54. The van der Waals surface area contributed by atoms with Crippen molar-refractivity contribution < 1.29 is 14.3 Å². The van der Waals surface area contributed by atoms with Crippen LogP contribution < -0.4 is 4.74 Å². The Kier molecular flexibility index (Phi) is 7.36. The maximum absolute atomic E-state index is 13.0. The third-order valence-electron chi connectivity index (χ3n) is 6.29. The summed E-state index contributed by atoms with van der Waals surface area (Å²) in [4.78, 5) is 17.3. The molecule has 3 unspecified atom stereocenters. The topological polar surface area (TPSA) is 42.0 Å². The molecule has 28 heavy (non-hydrogen) atoms. The number of carbonyl (C=O) groups excluding carboxylic acids is 1. The first-order valence-corrected chi connectivity index (χ1v) is 10.8. The molecular formula is C23H36N2O3. The number of likely N-dealkylation sites (tertiary alicyclic amines) is 1. The van der Waals surface area contributed by atoms with Crippen LogP contribution in [0, 0.1) is 5.92 Å². The van der Waals surface area contributed by atoms with E-state index in [9.17, 15) is 4.79 Å². The van der Waals surface area contributed by atoms with Gasteiger partial charge in [0.1, 0.15) is 5.75 Å². The first kappa shape index (κ1) is 21.1. The van der Waals surface area contributed by atoms with E-state index in [0.29, 0.717) is 13.1 Å². The van der Waals surface area contributed by atoms with E-state index < -0.39 is 0 Å². The Hall–Kier alpha value is -1.59. The lowest BCUT2D eigenvalue weighted by Gasteiger charge is -2.40. The zero-order chi connectivity index (χ0) is 20.1. The number of piperidine rings is 1. The van der Waals surface area contributed by atoms with Gasteiger partial charge in [0.2, 0.25) is 5.91 Å². The van der Waals surface area contributed by atoms with Gasteiger partial charge in [-0.15, -0.1) is 0 Å². The number of carbonyl (C=O) groups is 1. The van der Waals surface area contributed by atoms with E-state index in [4.69, 9.17) is 9.47 Å². The van der Waals surface area contributed by atoms with E-state index in [0.717, 1.165) is 31.2 Å². The summed E-state index contributed by atoms with van der Waals surface area (Å²) in [5, 5.41) is 0. The quantitative estimate of drug-likeness (QED) is 0.749. The normalized spacial score (nSPS) is 25.5. The van der Waals surface area contributed by atoms with E-state index in [2.05, 4.69) is 37.8 Å². The summed E-state index contributed by atoms with van der Waals surface area (Å²) in [6.45, 7) is 9.65. The van der Waals surface area contributed by atoms with Crippen LogP contribution in [0.25, 0.3) is 0 Å². The Balaban J connectivity index is 1.43. The van der Waals surface area contributed by atoms with Crippen molar-refractivity contribution in [2.75, 3.05) is 33.3 Å². The fourth-order valence-electron chi connectivity index (χ4n) is 4.57. The molecule has 2 saturated heterocycles. The van der Waals surface area contributed by atoms with E-state index in [1.54, 1.807) is 7.11 Å². The monoisotopic (exact) mass is 388 g/mol. The lowest BCUT2D eigenvalue weighted by Crippen LogP contribution is -2.55. The van der Waals surface area contributed by atoms with Gasteiger partial charge in [0, 0.05) is 13.1 Å². The van der Waals surface area contributed by atoms with E-state index >= 15 is 0 Å². The number of hydrogen-bond donors (Lipinski definition) is 0. The highest BCUT2D eigenvalue weighted by atomic mass is 16.5. The number of ether oxygens (including phenoxy) is 2. The second kappa shape index (κ2) is 9.75. The van der Waals surface area contributed by atoms with Crippen molar-refractivity contribution in [3.05, 3.63) is 29.8 Å². The summed E-state index contributed by atoms with van der Waals surface area (Å²) in [6, 6.07) is 8.38. The summed E-state index contributed by atoms with van der Waals surface area (Å²) in [5.41, 5.74) is 1.38. The molecule has 0 aromatic heterocycles. The highest BCUT2D eigenvalue weighted by molar-refractivity contribution is 5.81. The van der Waals surface area contributed by atoms with Gasteiger partial charge in [-0.3, -0.25) is 9.69 Å². The number of aryl methyl sites for hydroxylation is 1. The number of rotatable bonds is 6. The van der Waals surface area contributed by atoms with Crippen LogP contribution in [0.4, 0.5) is 0 Å². The van der Waals surface area contributed by atoms with Crippen molar-refractivity contribution in [3.63, 3.8) is 0 Å². The highest BCUT2D eigenvalue weighted by Crippen LogP contribution is 2.25. The maximum Gasteiger partial charge on any atom is 0.239 e. The third kappa shape index (κ3) is 5.48. The number of amides is 1. The van der Waals surface area contributed by atoms with Gasteiger partial charge < -0.3 is 14.4 Å². The van der Waals surface area contributed by atoms with E-state index in [1.807, 2.05) is 17.0 Å². The first-order chi connectivity index (χ1) is 13.5. The van der Waals surface area contributed by atoms with Crippen molar-refractivity contribution in [2.45, 2.75) is 64.7 Å². The Morgan fingerprint density at radius 3 is 2.32 bits per heavy atom. The number of methoxy groups -OCH3 is 1. The Labute approximate surface area is 170 Å². The summed E-state index contributed by atoms with van der Waals surface area (Å²) in [6.07, 6.45) is 4.97. The smallest absolute Gasteiger partial charge is 0.239 e. The highest BCUT2D eigenvalue weighted by Gasteiger charge is 2.32. The van der Waals surface area contributed by atoms with E-state index in [1.165, 1.54) is 24.8 Å². The van der Waals surface area contributed by atoms with Gasteiger partial charge in [-0.1, -0.05) is 12.1 Å². The van der Waals surface area contributed by atoms with Gasteiger partial charge in [0.05, 0.1) is 25.4 Å². The lowest BCUT2D eigenvalue weighted by atomic mass is 9.90. The van der Waals surface area contributed by atoms with Crippen LogP contribution in [0.2, 0.25) is 0 Å². The molecule has 5 heteroatoms. The fraction of sp³-hybridized carbons (Fsp3) is 0.696. The van der Waals surface area contributed by atoms with Gasteiger partial charge in [0.15, 0.2) is 0 Å². The summed E-state index contributed by atoms with van der Waals surface area (Å²) >= 11 is 0. The molecule has 0 saturated carbocycles. The number of hydrogen-bond acceptors (Lipinski definition) is 4. The van der Waals surface area contributed by atoms with Crippen molar-refractivity contribution in [1.29, 1.82) is 0 Å². The fourth-order valence-corrected chi connectivity index (χ4v) is 4.57. The molecule has 2 heterocycles. The van der Waals surface area contributed by atoms with Crippen LogP contribution in [-0.4, -0.2) is 67.2 Å². The summed E-state index contributed by atoms with van der Waals surface area (Å²) < 4.78 is 11.0. The predicted octanol–water partition coefficient (Wildman–Crippen LogP) is 3.36. The second-order valence-electron chi connectivity index (χ2n) is 8.54. The van der Waals surface area contributed by atoms with Crippen LogP contribution in [0.5, 0.6) is 5.75 Å². The van der Waals surface area contributed by atoms with Gasteiger partial charge in [-0.2, -0.15) is 0 Å². The number of nitrogens with zero attached hydrogens (tertiary/aromatic N) is 2. The average Bonchev–Trinajstić information content (AvgIpc) is 2.71. The van der Waals surface area contributed by atoms with Crippen LogP contribution in [0.1, 0.15) is 45.6 Å². The molecule has 3 rings (SSSR count). The molecule has 0 N–H and O–H groups in total. The minimum absolute atomic E-state index is 0.0277. The molecule has 1 aromatic rings. The SMILES string of the molecule is COc1ccc(CCC2CCN(C(C)C(=O)N3CC(C)OC(C)C3)CC2)cc1. The van der Waals surface area contributed by atoms with Gasteiger partial charge in [-0.05, 0) is 83.2 Å². The first-order valence-electron chi connectivity index (χ1n) is 10.8. The van der Waals surface area contributed by atoms with Crippen LogP contribution in [-0.2, 0) is 16.0 Å². The molecular weight excluding hydrogens is 352 g/mol. The molecule has 0 spiro atoms. The summed E-state index contributed by atoms with van der Waals surface area (Å²) in [5.74, 6) is 1.93. The van der Waals surface area contributed by atoms with Gasteiger partial charge in [0.25, 0.3) is 0 Å². The zero-order valence-corrected chi connectivity index (χ0v) is 17.9. The molecule has 2 aliphatic heterocycles. The lowest BCUT2D eigenvalue weighted by molar-refractivity contribution is -0.148. The third-order valence-corrected chi connectivity index (χ3v) is 6.29. The van der Waals surface area contributed by atoms with Crippen LogP contribution in [0.15, 0.2) is 24.3 Å². The van der Waals surface area contributed by atoms with Crippen molar-refractivity contribution in [3.8, 4) is 5.75 Å². The summed E-state index contributed by atoms with van der Waals surface area (Å²) in [7, 11) is 1.70. The molecule has 156 valence electrons. The minimum atomic E-state index is -0.0277. The van der Waals surface area contributed by atoms with Gasteiger partial charge >= 0.3 is 0 Å². The number of morpholine rings is 1. The maximum atomic E-state index is 13.0. The molecule has 1 aromatic carbocycles. The molecule has 0 bridgehead atoms. The van der Waals surface area contributed by atoms with E-state index in [-0.39, 0.29) is 24.2 Å². The van der Waals surface area contributed by atoms with Crippen molar-refractivity contribution in [1.82, 2.24) is 9.80 Å². The zero-order valence-electron chi connectivity index (χ0n) is 17.9. The molecule has 3 atom stereocenters. The molecule has 0 radical (unpaired) electrons. The molecule has 0 aliphatic carbocycles. The number of benzene rings is 1. The van der Waals surface area contributed by atoms with Crippen molar-refractivity contribution >= 4 is 5.91 Å². The predicted molar refractivity (Wildman–Crippen MR) is 112 cm³/mol.